The zero-order chi connectivity index (χ0) is 23.3. The van der Waals surface area contributed by atoms with E-state index in [-0.39, 0.29) is 16.4 Å². The normalized spacial score (nSPS) is 11.1. The molecule has 1 amide bonds. The maximum atomic E-state index is 13.2. The van der Waals surface area contributed by atoms with E-state index in [1.54, 1.807) is 42.6 Å². The quantitative estimate of drug-likeness (QED) is 0.485. The molecule has 1 heterocycles. The predicted molar refractivity (Wildman–Crippen MR) is 126 cm³/mol. The maximum absolute atomic E-state index is 13.2. The molecule has 0 radical (unpaired) electrons. The van der Waals surface area contributed by atoms with Crippen LogP contribution in [0.2, 0.25) is 0 Å². The van der Waals surface area contributed by atoms with Gasteiger partial charge in [0.15, 0.2) is 0 Å². The Hall–Kier alpha value is -3.17. The van der Waals surface area contributed by atoms with Crippen LogP contribution >= 0.6 is 11.3 Å². The third-order valence-electron chi connectivity index (χ3n) is 4.81. The van der Waals surface area contributed by atoms with Crippen molar-refractivity contribution in [2.45, 2.75) is 25.2 Å². The van der Waals surface area contributed by atoms with Crippen molar-refractivity contribution in [2.24, 2.45) is 0 Å². The molecular formula is C23H24N2O5S2. The van der Waals surface area contributed by atoms with E-state index in [0.717, 1.165) is 27.6 Å². The van der Waals surface area contributed by atoms with E-state index < -0.39 is 21.9 Å². The number of aryl methyl sites for hydroxylation is 1. The molecule has 0 aliphatic heterocycles. The second-order valence-corrected chi connectivity index (χ2v) is 9.72. The first-order valence-corrected chi connectivity index (χ1v) is 12.3. The van der Waals surface area contributed by atoms with E-state index in [2.05, 4.69) is 5.32 Å². The van der Waals surface area contributed by atoms with E-state index >= 15 is 0 Å². The summed E-state index contributed by atoms with van der Waals surface area (Å²) in [6.45, 7) is 3.96. The Morgan fingerprint density at radius 3 is 2.44 bits per heavy atom. The van der Waals surface area contributed by atoms with Gasteiger partial charge in [-0.05, 0) is 60.7 Å². The average Bonchev–Trinajstić information content (AvgIpc) is 3.30. The number of sulfonamides is 1. The van der Waals surface area contributed by atoms with E-state index in [1.807, 2.05) is 19.1 Å². The third kappa shape index (κ3) is 5.00. The van der Waals surface area contributed by atoms with Gasteiger partial charge in [-0.25, -0.2) is 13.2 Å². The van der Waals surface area contributed by atoms with Crippen molar-refractivity contribution in [2.75, 3.05) is 23.3 Å². The number of carbonyl (C=O) groups is 2. The lowest BCUT2D eigenvalue weighted by molar-refractivity contribution is 0.0526. The Morgan fingerprint density at radius 1 is 1.06 bits per heavy atom. The highest BCUT2D eigenvalue weighted by molar-refractivity contribution is 7.93. The summed E-state index contributed by atoms with van der Waals surface area (Å²) in [5, 5.41) is 4.23. The summed E-state index contributed by atoms with van der Waals surface area (Å²) in [7, 11) is -2.50. The first-order valence-electron chi connectivity index (χ1n) is 10.0. The van der Waals surface area contributed by atoms with Gasteiger partial charge in [0.05, 0.1) is 17.9 Å². The number of amides is 1. The summed E-state index contributed by atoms with van der Waals surface area (Å²) in [5.41, 5.74) is 2.25. The fraction of sp³-hybridized carbons (Fsp3) is 0.217. The van der Waals surface area contributed by atoms with Crippen LogP contribution in [0.25, 0.3) is 0 Å². The van der Waals surface area contributed by atoms with Gasteiger partial charge >= 0.3 is 5.97 Å². The van der Waals surface area contributed by atoms with Gasteiger partial charge in [0, 0.05) is 12.7 Å². The highest BCUT2D eigenvalue weighted by Crippen LogP contribution is 2.29. The molecule has 168 valence electrons. The summed E-state index contributed by atoms with van der Waals surface area (Å²) in [6.07, 6.45) is 0.850. The van der Waals surface area contributed by atoms with Crippen molar-refractivity contribution < 1.29 is 22.7 Å². The van der Waals surface area contributed by atoms with Crippen molar-refractivity contribution in [1.82, 2.24) is 0 Å². The number of benzene rings is 2. The van der Waals surface area contributed by atoms with Gasteiger partial charge in [0.2, 0.25) is 0 Å². The predicted octanol–water partition coefficient (Wildman–Crippen LogP) is 4.56. The number of nitrogens with zero attached hydrogens (tertiary/aromatic N) is 1. The summed E-state index contributed by atoms with van der Waals surface area (Å²) < 4.78 is 32.6. The monoisotopic (exact) mass is 472 g/mol. The second kappa shape index (κ2) is 9.97. The lowest BCUT2D eigenvalue weighted by Crippen LogP contribution is -2.28. The molecule has 0 aliphatic rings. The number of rotatable bonds is 8. The van der Waals surface area contributed by atoms with Crippen molar-refractivity contribution >= 4 is 44.6 Å². The minimum absolute atomic E-state index is 0.0589. The molecule has 0 bridgehead atoms. The van der Waals surface area contributed by atoms with Crippen molar-refractivity contribution in [1.29, 1.82) is 0 Å². The summed E-state index contributed by atoms with van der Waals surface area (Å²) in [6, 6.07) is 14.9. The largest absolute Gasteiger partial charge is 0.462 e. The lowest BCUT2D eigenvalue weighted by Gasteiger charge is -2.20. The van der Waals surface area contributed by atoms with E-state index in [0.29, 0.717) is 16.9 Å². The highest BCUT2D eigenvalue weighted by atomic mass is 32.2. The lowest BCUT2D eigenvalue weighted by atomic mass is 10.1. The highest BCUT2D eigenvalue weighted by Gasteiger charge is 2.28. The van der Waals surface area contributed by atoms with E-state index in [4.69, 9.17) is 4.74 Å². The molecule has 0 saturated carbocycles. The molecule has 2 aromatic carbocycles. The smallest absolute Gasteiger partial charge is 0.338 e. The molecule has 0 spiro atoms. The van der Waals surface area contributed by atoms with Crippen LogP contribution in [0.3, 0.4) is 0 Å². The number of thiophene rings is 1. The van der Waals surface area contributed by atoms with Gasteiger partial charge in [-0.1, -0.05) is 25.1 Å². The maximum Gasteiger partial charge on any atom is 0.338 e. The minimum Gasteiger partial charge on any atom is -0.462 e. The van der Waals surface area contributed by atoms with Gasteiger partial charge < -0.3 is 10.1 Å². The van der Waals surface area contributed by atoms with Gasteiger partial charge in [-0.15, -0.1) is 11.3 Å². The van der Waals surface area contributed by atoms with Crippen molar-refractivity contribution in [3.63, 3.8) is 0 Å². The standard InChI is InChI=1S/C23H24N2O5S2/c1-4-16-9-11-19(12-10-16)25(3)32(28,29)20-13-14-31-21(20)22(26)24-18-8-6-7-17(15-18)23(27)30-5-2/h6-15H,4-5H2,1-3H3,(H,24,26). The van der Waals surface area contributed by atoms with Crippen LogP contribution in [0.15, 0.2) is 64.9 Å². The summed E-state index contributed by atoms with van der Waals surface area (Å²) >= 11 is 1.03. The molecule has 1 aromatic heterocycles. The summed E-state index contributed by atoms with van der Waals surface area (Å²) in [5.74, 6) is -1.08. The van der Waals surface area contributed by atoms with Crippen LogP contribution in [-0.2, 0) is 21.2 Å². The molecule has 0 fully saturated rings. The third-order valence-corrected chi connectivity index (χ3v) is 7.68. The Morgan fingerprint density at radius 2 is 1.78 bits per heavy atom. The fourth-order valence-corrected chi connectivity index (χ4v) is 5.51. The summed E-state index contributed by atoms with van der Waals surface area (Å²) in [4.78, 5) is 24.8. The van der Waals surface area contributed by atoms with Crippen LogP contribution in [0.1, 0.15) is 39.4 Å². The molecule has 3 rings (SSSR count). The Labute approximate surface area is 191 Å². The zero-order valence-corrected chi connectivity index (χ0v) is 19.6. The van der Waals surface area contributed by atoms with Crippen molar-refractivity contribution in [3.05, 3.63) is 76.0 Å². The molecule has 1 N–H and O–H groups in total. The molecule has 0 saturated heterocycles. The first-order chi connectivity index (χ1) is 15.3. The van der Waals surface area contributed by atoms with E-state index in [9.17, 15) is 18.0 Å². The number of hydrogen-bond donors (Lipinski definition) is 1. The van der Waals surface area contributed by atoms with Crippen LogP contribution in [0.4, 0.5) is 11.4 Å². The number of carbonyl (C=O) groups excluding carboxylic acids is 2. The zero-order valence-electron chi connectivity index (χ0n) is 18.0. The molecule has 9 heteroatoms. The molecular weight excluding hydrogens is 448 g/mol. The number of hydrogen-bond acceptors (Lipinski definition) is 6. The van der Waals surface area contributed by atoms with Gasteiger partial charge in [-0.3, -0.25) is 9.10 Å². The Kier molecular flexibility index (Phi) is 7.32. The van der Waals surface area contributed by atoms with E-state index in [1.165, 1.54) is 19.2 Å². The molecule has 32 heavy (non-hydrogen) atoms. The van der Waals surface area contributed by atoms with Crippen molar-refractivity contribution in [3.8, 4) is 0 Å². The van der Waals surface area contributed by atoms with Gasteiger partial charge in [0.1, 0.15) is 9.77 Å². The Bertz CT molecular complexity index is 1220. The Balaban J connectivity index is 1.84. The van der Waals surface area contributed by atoms with Gasteiger partial charge in [0.25, 0.3) is 15.9 Å². The SMILES string of the molecule is CCOC(=O)c1cccc(NC(=O)c2sccc2S(=O)(=O)N(C)c2ccc(CC)cc2)c1. The molecule has 3 aromatic rings. The van der Waals surface area contributed by atoms with Crippen LogP contribution in [0, 0.1) is 0 Å². The number of ether oxygens (including phenoxy) is 1. The first kappa shape index (κ1) is 23.5. The van der Waals surface area contributed by atoms with Crippen LogP contribution < -0.4 is 9.62 Å². The topological polar surface area (TPSA) is 92.8 Å². The average molecular weight is 473 g/mol. The van der Waals surface area contributed by atoms with Gasteiger partial charge in [-0.2, -0.15) is 0 Å². The molecule has 0 atom stereocenters. The minimum atomic E-state index is -3.96. The molecule has 0 unspecified atom stereocenters. The fourth-order valence-electron chi connectivity index (χ4n) is 3.02. The van der Waals surface area contributed by atoms with Crippen LogP contribution in [0.5, 0.6) is 0 Å². The second-order valence-electron chi connectivity index (χ2n) is 6.86. The number of anilines is 2. The molecule has 7 nitrogen and oxygen atoms in total. The number of esters is 1. The molecule has 0 aliphatic carbocycles. The van der Waals surface area contributed by atoms with Crippen LogP contribution in [-0.4, -0.2) is 33.9 Å². The number of nitrogens with one attached hydrogen (secondary N) is 1.